The van der Waals surface area contributed by atoms with Crippen molar-refractivity contribution >= 4 is 21.6 Å². The van der Waals surface area contributed by atoms with Crippen molar-refractivity contribution in [2.45, 2.75) is 43.5 Å². The topological polar surface area (TPSA) is 46.6 Å². The van der Waals surface area contributed by atoms with Crippen molar-refractivity contribution in [2.75, 3.05) is 20.3 Å². The van der Waals surface area contributed by atoms with Crippen molar-refractivity contribution in [1.82, 2.24) is 4.31 Å². The Hall–Kier alpha value is -0.620. The second-order valence-corrected chi connectivity index (χ2v) is 7.77. The van der Waals surface area contributed by atoms with Crippen LogP contribution in [0.3, 0.4) is 0 Å². The van der Waals surface area contributed by atoms with E-state index in [1.165, 1.54) is 4.31 Å². The molecule has 2 rings (SSSR count). The van der Waals surface area contributed by atoms with Gasteiger partial charge in [0.15, 0.2) is 0 Å². The van der Waals surface area contributed by atoms with Crippen molar-refractivity contribution in [3.63, 3.8) is 0 Å². The molecule has 1 aliphatic heterocycles. The summed E-state index contributed by atoms with van der Waals surface area (Å²) < 4.78 is 32.6. The minimum Gasteiger partial charge on any atom is -0.381 e. The van der Waals surface area contributed by atoms with Crippen molar-refractivity contribution in [2.24, 2.45) is 0 Å². The number of rotatable bonds is 4. The zero-order chi connectivity index (χ0) is 15.6. The molecule has 0 atom stereocenters. The lowest BCUT2D eigenvalue weighted by Gasteiger charge is -2.31. The van der Waals surface area contributed by atoms with Gasteiger partial charge < -0.3 is 4.74 Å². The number of ether oxygens (including phenoxy) is 1. The number of halogens is 1. The first-order valence-electron chi connectivity index (χ1n) is 7.09. The molecule has 1 aromatic carbocycles. The number of aryl methyl sites for hydroxylation is 1. The van der Waals surface area contributed by atoms with Crippen molar-refractivity contribution < 1.29 is 13.2 Å². The fraction of sp³-hybridized carbons (Fsp3) is 0.600. The third kappa shape index (κ3) is 3.42. The van der Waals surface area contributed by atoms with Crippen LogP contribution in [0.25, 0.3) is 0 Å². The highest BCUT2D eigenvalue weighted by atomic mass is 35.5. The average Bonchev–Trinajstić information content (AvgIpc) is 2.49. The normalized spacial score (nSPS) is 17.4. The lowest BCUT2D eigenvalue weighted by molar-refractivity contribution is 0.0632. The van der Waals surface area contributed by atoms with Crippen LogP contribution in [0, 0.1) is 13.8 Å². The van der Waals surface area contributed by atoms with E-state index in [4.69, 9.17) is 16.3 Å². The number of hydrogen-bond acceptors (Lipinski definition) is 3. The highest BCUT2D eigenvalue weighted by molar-refractivity contribution is 7.89. The Kier molecular flexibility index (Phi) is 5.30. The summed E-state index contributed by atoms with van der Waals surface area (Å²) in [6.45, 7) is 4.99. The van der Waals surface area contributed by atoms with Crippen LogP contribution in [0.1, 0.15) is 29.5 Å². The summed E-state index contributed by atoms with van der Waals surface area (Å²) in [6.07, 6.45) is 1.48. The number of hydrogen-bond donors (Lipinski definition) is 0. The number of alkyl halides is 1. The maximum Gasteiger partial charge on any atom is 0.243 e. The Bertz CT molecular complexity index is 610. The molecule has 118 valence electrons. The molecular weight excluding hydrogens is 310 g/mol. The van der Waals surface area contributed by atoms with E-state index in [0.29, 0.717) is 24.0 Å². The minimum atomic E-state index is -3.51. The molecule has 1 aromatic rings. The second-order valence-electron chi connectivity index (χ2n) is 5.53. The third-order valence-electron chi connectivity index (χ3n) is 4.20. The van der Waals surface area contributed by atoms with Gasteiger partial charge in [-0.2, -0.15) is 4.31 Å². The van der Waals surface area contributed by atoms with Crippen LogP contribution in [0.15, 0.2) is 17.0 Å². The maximum absolute atomic E-state index is 12.9. The first kappa shape index (κ1) is 16.7. The van der Waals surface area contributed by atoms with E-state index < -0.39 is 10.0 Å². The molecule has 1 saturated heterocycles. The summed E-state index contributed by atoms with van der Waals surface area (Å²) in [7, 11) is -1.85. The fourth-order valence-corrected chi connectivity index (χ4v) is 4.56. The number of sulfonamides is 1. The van der Waals surface area contributed by atoms with E-state index in [2.05, 4.69) is 0 Å². The zero-order valence-corrected chi connectivity index (χ0v) is 14.3. The Morgan fingerprint density at radius 1 is 1.29 bits per heavy atom. The summed E-state index contributed by atoms with van der Waals surface area (Å²) in [6, 6.07) is 3.64. The van der Waals surface area contributed by atoms with Gasteiger partial charge >= 0.3 is 0 Å². The Morgan fingerprint density at radius 2 is 1.90 bits per heavy atom. The Morgan fingerprint density at radius 3 is 2.48 bits per heavy atom. The van der Waals surface area contributed by atoms with Gasteiger partial charge in [-0.1, -0.05) is 6.07 Å². The Labute approximate surface area is 132 Å². The van der Waals surface area contributed by atoms with E-state index in [1.807, 2.05) is 19.9 Å². The molecule has 0 saturated carbocycles. The summed E-state index contributed by atoms with van der Waals surface area (Å²) in [5.74, 6) is 0.310. The molecule has 1 heterocycles. The quantitative estimate of drug-likeness (QED) is 0.797. The standard InChI is InChI=1S/C15H22ClNO3S/c1-11-8-13(10-16)9-15(12(11)2)21(18,19)17(3)14-4-6-20-7-5-14/h8-9,14H,4-7,10H2,1-3H3. The predicted molar refractivity (Wildman–Crippen MR) is 84.3 cm³/mol. The highest BCUT2D eigenvalue weighted by Gasteiger charge is 2.30. The molecule has 0 aliphatic carbocycles. The van der Waals surface area contributed by atoms with Crippen molar-refractivity contribution in [3.05, 3.63) is 28.8 Å². The first-order chi connectivity index (χ1) is 9.87. The molecule has 0 radical (unpaired) electrons. The van der Waals surface area contributed by atoms with Crippen LogP contribution in [-0.4, -0.2) is 39.0 Å². The second kappa shape index (κ2) is 6.65. The molecule has 0 amide bonds. The van der Waals surface area contributed by atoms with E-state index in [-0.39, 0.29) is 6.04 Å². The van der Waals surface area contributed by atoms with E-state index >= 15 is 0 Å². The van der Waals surface area contributed by atoms with Gasteiger partial charge in [0.2, 0.25) is 10.0 Å². The van der Waals surface area contributed by atoms with Gasteiger partial charge in [0.1, 0.15) is 0 Å². The van der Waals surface area contributed by atoms with Crippen LogP contribution < -0.4 is 0 Å². The largest absolute Gasteiger partial charge is 0.381 e. The van der Waals surface area contributed by atoms with Crippen molar-refractivity contribution in [1.29, 1.82) is 0 Å². The van der Waals surface area contributed by atoms with Crippen LogP contribution in [0.5, 0.6) is 0 Å². The third-order valence-corrected chi connectivity index (χ3v) is 6.54. The van der Waals surface area contributed by atoms with Gasteiger partial charge in [-0.3, -0.25) is 0 Å². The summed E-state index contributed by atoms with van der Waals surface area (Å²) in [5, 5.41) is 0. The zero-order valence-electron chi connectivity index (χ0n) is 12.7. The fourth-order valence-electron chi connectivity index (χ4n) is 2.64. The SMILES string of the molecule is Cc1cc(CCl)cc(S(=O)(=O)N(C)C2CCOCC2)c1C. The lowest BCUT2D eigenvalue weighted by atomic mass is 10.1. The molecular formula is C15H22ClNO3S. The molecule has 1 aliphatic rings. The first-order valence-corrected chi connectivity index (χ1v) is 9.07. The van der Waals surface area contributed by atoms with Crippen molar-refractivity contribution in [3.8, 4) is 0 Å². The number of benzene rings is 1. The lowest BCUT2D eigenvalue weighted by Crippen LogP contribution is -2.40. The molecule has 0 aromatic heterocycles. The Balaban J connectivity index is 2.40. The molecule has 0 N–H and O–H groups in total. The van der Waals surface area contributed by atoms with Gasteiger partial charge in [0.05, 0.1) is 4.90 Å². The summed E-state index contributed by atoms with van der Waals surface area (Å²) >= 11 is 5.88. The van der Waals surface area contributed by atoms with E-state index in [1.54, 1.807) is 13.1 Å². The smallest absolute Gasteiger partial charge is 0.243 e. The maximum atomic E-state index is 12.9. The number of nitrogens with zero attached hydrogens (tertiary/aromatic N) is 1. The van der Waals surface area contributed by atoms with Gasteiger partial charge in [-0.05, 0) is 49.4 Å². The highest BCUT2D eigenvalue weighted by Crippen LogP contribution is 2.27. The van der Waals surface area contributed by atoms with E-state index in [9.17, 15) is 8.42 Å². The molecule has 0 spiro atoms. The molecule has 0 bridgehead atoms. The van der Waals surface area contributed by atoms with Gasteiger partial charge in [-0.25, -0.2) is 8.42 Å². The minimum absolute atomic E-state index is 0.00288. The van der Waals surface area contributed by atoms with E-state index in [0.717, 1.165) is 29.5 Å². The average molecular weight is 332 g/mol. The molecule has 4 nitrogen and oxygen atoms in total. The van der Waals surface area contributed by atoms with Gasteiger partial charge in [-0.15, -0.1) is 11.6 Å². The molecule has 21 heavy (non-hydrogen) atoms. The predicted octanol–water partition coefficient (Wildman–Crippen LogP) is 2.84. The van der Waals surface area contributed by atoms with Crippen LogP contribution in [0.2, 0.25) is 0 Å². The van der Waals surface area contributed by atoms with Gasteiger partial charge in [0.25, 0.3) is 0 Å². The molecule has 1 fully saturated rings. The molecule has 6 heteroatoms. The summed E-state index contributed by atoms with van der Waals surface area (Å²) in [5.41, 5.74) is 2.58. The van der Waals surface area contributed by atoms with Crippen LogP contribution >= 0.6 is 11.6 Å². The monoisotopic (exact) mass is 331 g/mol. The summed E-state index contributed by atoms with van der Waals surface area (Å²) in [4.78, 5) is 0.368. The van der Waals surface area contributed by atoms with Gasteiger partial charge in [0, 0.05) is 32.2 Å². The molecule has 0 unspecified atom stereocenters. The van der Waals surface area contributed by atoms with Crippen LogP contribution in [-0.2, 0) is 20.6 Å². The van der Waals surface area contributed by atoms with Crippen LogP contribution in [0.4, 0.5) is 0 Å².